The highest BCUT2D eigenvalue weighted by Crippen LogP contribution is 2.31. The summed E-state index contributed by atoms with van der Waals surface area (Å²) >= 11 is 3.39. The highest BCUT2D eigenvalue weighted by molar-refractivity contribution is 9.10. The van der Waals surface area contributed by atoms with Gasteiger partial charge in [0, 0.05) is 28.2 Å². The van der Waals surface area contributed by atoms with E-state index in [0.717, 1.165) is 15.6 Å². The number of rotatable bonds is 4. The molecule has 0 fully saturated rings. The lowest BCUT2D eigenvalue weighted by atomic mass is 10.1. The zero-order valence-electron chi connectivity index (χ0n) is 11.7. The second-order valence-corrected chi connectivity index (χ2v) is 5.72. The molecule has 0 amide bonds. The molecule has 0 atom stereocenters. The Morgan fingerprint density at radius 2 is 2.00 bits per heavy atom. The molecule has 0 bridgehead atoms. The average molecular weight is 351 g/mol. The Morgan fingerprint density at radius 1 is 1.29 bits per heavy atom. The molecule has 0 saturated heterocycles. The Kier molecular flexibility index (Phi) is 4.47. The molecule has 0 aromatic heterocycles. The van der Waals surface area contributed by atoms with Crippen molar-refractivity contribution < 1.29 is 10.0 Å². The molecule has 110 valence electrons. The largest absolute Gasteiger partial charge is 0.508 e. The lowest BCUT2D eigenvalue weighted by Crippen LogP contribution is -2.02. The molecule has 0 aliphatic carbocycles. The first-order valence-electron chi connectivity index (χ1n) is 6.35. The van der Waals surface area contributed by atoms with Gasteiger partial charge < -0.3 is 10.4 Å². The fourth-order valence-electron chi connectivity index (χ4n) is 2.04. The summed E-state index contributed by atoms with van der Waals surface area (Å²) in [5.41, 5.74) is 3.06. The van der Waals surface area contributed by atoms with Crippen molar-refractivity contribution in [3.8, 4) is 5.75 Å². The second-order valence-electron chi connectivity index (χ2n) is 4.86. The van der Waals surface area contributed by atoms with Crippen LogP contribution in [-0.4, -0.2) is 10.0 Å². The minimum absolute atomic E-state index is 0.0640. The van der Waals surface area contributed by atoms with E-state index in [-0.39, 0.29) is 11.4 Å². The summed E-state index contributed by atoms with van der Waals surface area (Å²) in [7, 11) is 0. The van der Waals surface area contributed by atoms with Crippen LogP contribution < -0.4 is 5.32 Å². The molecule has 6 heteroatoms. The summed E-state index contributed by atoms with van der Waals surface area (Å²) < 4.78 is 0.748. The molecular weight excluding hydrogens is 336 g/mol. The van der Waals surface area contributed by atoms with Crippen LogP contribution in [0.15, 0.2) is 34.8 Å². The molecule has 2 N–H and O–H groups in total. The molecule has 2 rings (SSSR count). The van der Waals surface area contributed by atoms with Crippen molar-refractivity contribution in [1.82, 2.24) is 0 Å². The van der Waals surface area contributed by atoms with E-state index < -0.39 is 4.92 Å². The van der Waals surface area contributed by atoms with Gasteiger partial charge in [-0.25, -0.2) is 0 Å². The summed E-state index contributed by atoms with van der Waals surface area (Å²) in [6.45, 7) is 4.01. The third-order valence-corrected chi connectivity index (χ3v) is 3.84. The molecule has 0 spiro atoms. The number of nitrogens with one attached hydrogen (secondary N) is 1. The van der Waals surface area contributed by atoms with Crippen LogP contribution in [0.25, 0.3) is 0 Å². The van der Waals surface area contributed by atoms with Gasteiger partial charge in [-0.05, 0) is 41.9 Å². The molecule has 0 radical (unpaired) electrons. The summed E-state index contributed by atoms with van der Waals surface area (Å²) in [6, 6.07) is 8.53. The van der Waals surface area contributed by atoms with Gasteiger partial charge in [0.2, 0.25) is 0 Å². The first-order chi connectivity index (χ1) is 9.88. The number of nitro benzene ring substituents is 1. The van der Waals surface area contributed by atoms with Crippen LogP contribution in [0.2, 0.25) is 0 Å². The topological polar surface area (TPSA) is 75.4 Å². The smallest absolute Gasteiger partial charge is 0.274 e. The number of hydrogen-bond donors (Lipinski definition) is 2. The van der Waals surface area contributed by atoms with Crippen LogP contribution in [0, 0.1) is 24.0 Å². The van der Waals surface area contributed by atoms with Crippen molar-refractivity contribution >= 4 is 27.3 Å². The maximum Gasteiger partial charge on any atom is 0.274 e. The first kappa shape index (κ1) is 15.3. The molecule has 0 aliphatic rings. The predicted molar refractivity (Wildman–Crippen MR) is 85.7 cm³/mol. The van der Waals surface area contributed by atoms with Crippen LogP contribution in [-0.2, 0) is 6.54 Å². The van der Waals surface area contributed by atoms with Crippen LogP contribution in [0.4, 0.5) is 11.4 Å². The fraction of sp³-hybridized carbons (Fsp3) is 0.200. The lowest BCUT2D eigenvalue weighted by Gasteiger charge is -2.11. The normalized spacial score (nSPS) is 10.4. The van der Waals surface area contributed by atoms with Gasteiger partial charge >= 0.3 is 0 Å². The van der Waals surface area contributed by atoms with Gasteiger partial charge in [0.15, 0.2) is 0 Å². The van der Waals surface area contributed by atoms with Crippen molar-refractivity contribution in [2.45, 2.75) is 20.4 Å². The Balaban J connectivity index is 2.25. The van der Waals surface area contributed by atoms with E-state index in [9.17, 15) is 15.2 Å². The van der Waals surface area contributed by atoms with Crippen LogP contribution in [0.1, 0.15) is 16.7 Å². The Hall–Kier alpha value is -2.08. The molecule has 2 aromatic carbocycles. The van der Waals surface area contributed by atoms with Gasteiger partial charge in [-0.2, -0.15) is 0 Å². The van der Waals surface area contributed by atoms with Crippen LogP contribution in [0.5, 0.6) is 5.75 Å². The standard InChI is InChI=1S/C15H15BrN2O3/c1-9-3-4-15(19)11(5-9)8-17-13-7-14(18(20)21)10(2)6-12(13)16/h3-7,17,19H,8H2,1-2H3. The molecule has 2 aromatic rings. The number of benzene rings is 2. The zero-order valence-corrected chi connectivity index (χ0v) is 13.3. The highest BCUT2D eigenvalue weighted by atomic mass is 79.9. The first-order valence-corrected chi connectivity index (χ1v) is 7.14. The number of anilines is 1. The van der Waals surface area contributed by atoms with Crippen molar-refractivity contribution in [1.29, 1.82) is 0 Å². The number of phenolic OH excluding ortho intramolecular Hbond substituents is 1. The van der Waals surface area contributed by atoms with E-state index in [1.54, 1.807) is 19.1 Å². The Labute approximate surface area is 130 Å². The van der Waals surface area contributed by atoms with Crippen molar-refractivity contribution in [2.24, 2.45) is 0 Å². The van der Waals surface area contributed by atoms with Crippen LogP contribution in [0.3, 0.4) is 0 Å². The molecule has 21 heavy (non-hydrogen) atoms. The summed E-state index contributed by atoms with van der Waals surface area (Å²) in [6.07, 6.45) is 0. The van der Waals surface area contributed by atoms with Gasteiger partial charge in [0.1, 0.15) is 5.75 Å². The number of phenols is 1. The third kappa shape index (κ3) is 3.52. The SMILES string of the molecule is Cc1ccc(O)c(CNc2cc([N+](=O)[O-])c(C)cc2Br)c1. The highest BCUT2D eigenvalue weighted by Gasteiger charge is 2.14. The monoisotopic (exact) mass is 350 g/mol. The molecule has 0 unspecified atom stereocenters. The van der Waals surface area contributed by atoms with E-state index in [2.05, 4.69) is 21.2 Å². The van der Waals surface area contributed by atoms with E-state index in [1.807, 2.05) is 19.1 Å². The van der Waals surface area contributed by atoms with Crippen LogP contribution >= 0.6 is 15.9 Å². The third-order valence-electron chi connectivity index (χ3n) is 3.19. The summed E-state index contributed by atoms with van der Waals surface area (Å²) in [5.74, 6) is 0.200. The van der Waals surface area contributed by atoms with E-state index >= 15 is 0 Å². The lowest BCUT2D eigenvalue weighted by molar-refractivity contribution is -0.385. The number of aryl methyl sites for hydroxylation is 2. The number of nitro groups is 1. The minimum atomic E-state index is -0.406. The van der Waals surface area contributed by atoms with E-state index in [1.165, 1.54) is 6.07 Å². The molecule has 0 aliphatic heterocycles. The van der Waals surface area contributed by atoms with Crippen molar-refractivity contribution in [3.63, 3.8) is 0 Å². The number of nitrogens with zero attached hydrogens (tertiary/aromatic N) is 1. The van der Waals surface area contributed by atoms with E-state index in [4.69, 9.17) is 0 Å². The Morgan fingerprint density at radius 3 is 2.67 bits per heavy atom. The quantitative estimate of drug-likeness (QED) is 0.636. The molecule has 5 nitrogen and oxygen atoms in total. The zero-order chi connectivity index (χ0) is 15.6. The Bertz CT molecular complexity index is 702. The summed E-state index contributed by atoms with van der Waals surface area (Å²) in [4.78, 5) is 10.6. The van der Waals surface area contributed by atoms with Gasteiger partial charge in [-0.15, -0.1) is 0 Å². The minimum Gasteiger partial charge on any atom is -0.508 e. The predicted octanol–water partition coefficient (Wildman–Crippen LogP) is 4.29. The molecular formula is C15H15BrN2O3. The maximum absolute atomic E-state index is 11.0. The fourth-order valence-corrected chi connectivity index (χ4v) is 2.64. The molecule has 0 saturated carbocycles. The maximum atomic E-state index is 11.0. The average Bonchev–Trinajstić information content (AvgIpc) is 2.41. The number of hydrogen-bond acceptors (Lipinski definition) is 4. The van der Waals surface area contributed by atoms with Gasteiger partial charge in [0.25, 0.3) is 5.69 Å². The number of aromatic hydroxyl groups is 1. The molecule has 0 heterocycles. The number of halogens is 1. The second kappa shape index (κ2) is 6.13. The van der Waals surface area contributed by atoms with Gasteiger partial charge in [0.05, 0.1) is 10.6 Å². The van der Waals surface area contributed by atoms with E-state index in [0.29, 0.717) is 17.8 Å². The van der Waals surface area contributed by atoms with Crippen molar-refractivity contribution in [2.75, 3.05) is 5.32 Å². The summed E-state index contributed by atoms with van der Waals surface area (Å²) in [5, 5.41) is 23.9. The van der Waals surface area contributed by atoms with Crippen molar-refractivity contribution in [3.05, 3.63) is 61.6 Å². The van der Waals surface area contributed by atoms with Gasteiger partial charge in [-0.3, -0.25) is 10.1 Å². The van der Waals surface area contributed by atoms with Gasteiger partial charge in [-0.1, -0.05) is 17.7 Å².